The van der Waals surface area contributed by atoms with Crippen molar-refractivity contribution < 1.29 is 42.9 Å². The number of rotatable bonds is 57. The molecule has 2 atom stereocenters. The molecule has 77 heavy (non-hydrogen) atoms. The Hall–Kier alpha value is -3.79. The van der Waals surface area contributed by atoms with Crippen molar-refractivity contribution in [3.8, 4) is 0 Å². The number of unbranched alkanes of at least 4 members (excludes halogenated alkanes) is 26. The highest BCUT2D eigenvalue weighted by molar-refractivity contribution is 5.71. The predicted octanol–water partition coefficient (Wildman–Crippen LogP) is 18.9. The minimum atomic E-state index is -1.52. The molecular weight excluding hydrogens is 959 g/mol. The Morgan fingerprint density at radius 3 is 1.04 bits per heavy atom. The first-order chi connectivity index (χ1) is 37.6. The van der Waals surface area contributed by atoms with Gasteiger partial charge in [0.1, 0.15) is 13.2 Å². The normalized spacial score (nSPS) is 13.4. The fourth-order valence-electron chi connectivity index (χ4n) is 8.59. The molecule has 1 N–H and O–H groups in total. The van der Waals surface area contributed by atoms with E-state index in [9.17, 15) is 19.5 Å². The van der Waals surface area contributed by atoms with Crippen LogP contribution in [-0.2, 0) is 33.3 Å². The van der Waals surface area contributed by atoms with Crippen LogP contribution in [0, 0.1) is 0 Å². The molecule has 0 aromatic carbocycles. The van der Waals surface area contributed by atoms with E-state index in [0.29, 0.717) is 11.0 Å². The molecule has 0 bridgehead atoms. The number of allylic oxidation sites excluding steroid dienone is 16. The Balaban J connectivity index is 4.04. The van der Waals surface area contributed by atoms with Crippen LogP contribution in [0.2, 0.25) is 0 Å². The average molecular weight is 1080 g/mol. The highest BCUT2D eigenvalue weighted by atomic mass is 16.7. The number of nitrogens with zero attached hydrogens (tertiary/aromatic N) is 1. The van der Waals surface area contributed by atoms with E-state index in [1.807, 2.05) is 21.1 Å². The highest BCUT2D eigenvalue weighted by Gasteiger charge is 2.25. The quantitative estimate of drug-likeness (QED) is 0.0211. The van der Waals surface area contributed by atoms with Crippen LogP contribution in [0.1, 0.15) is 258 Å². The highest BCUT2D eigenvalue weighted by Crippen LogP contribution is 2.17. The van der Waals surface area contributed by atoms with Gasteiger partial charge in [0.25, 0.3) is 6.29 Å². The van der Waals surface area contributed by atoms with Gasteiger partial charge < -0.3 is 28.5 Å². The molecule has 0 spiro atoms. The number of quaternary nitrogens is 1. The molecule has 0 amide bonds. The minimum absolute atomic E-state index is 0.182. The third-order valence-corrected chi connectivity index (χ3v) is 13.3. The zero-order chi connectivity index (χ0) is 56.2. The Morgan fingerprint density at radius 1 is 0.390 bits per heavy atom. The third-order valence-electron chi connectivity index (χ3n) is 13.3. The van der Waals surface area contributed by atoms with Crippen molar-refractivity contribution in [3.63, 3.8) is 0 Å². The zero-order valence-electron chi connectivity index (χ0n) is 50.3. The fraction of sp³-hybridized carbons (Fsp3) is 0.721. The maximum absolute atomic E-state index is 12.9. The number of ether oxygens (including phenoxy) is 4. The van der Waals surface area contributed by atoms with E-state index < -0.39 is 24.3 Å². The number of carbonyl (C=O) groups excluding carboxylic acids is 2. The largest absolute Gasteiger partial charge is 0.477 e. The molecule has 9 nitrogen and oxygen atoms in total. The van der Waals surface area contributed by atoms with Gasteiger partial charge in [0, 0.05) is 12.8 Å². The Morgan fingerprint density at radius 2 is 0.701 bits per heavy atom. The van der Waals surface area contributed by atoms with Gasteiger partial charge in [0.15, 0.2) is 6.10 Å². The molecule has 0 saturated carbocycles. The van der Waals surface area contributed by atoms with Crippen molar-refractivity contribution in [1.29, 1.82) is 0 Å². The second-order valence-electron chi connectivity index (χ2n) is 22.0. The Kier molecular flexibility index (Phi) is 55.5. The predicted molar refractivity (Wildman–Crippen MR) is 327 cm³/mol. The number of hydrogen-bond acceptors (Lipinski definition) is 7. The molecule has 0 aromatic rings. The summed E-state index contributed by atoms with van der Waals surface area (Å²) >= 11 is 0. The first-order valence-corrected chi connectivity index (χ1v) is 31.4. The molecule has 442 valence electrons. The molecule has 0 aliphatic heterocycles. The maximum atomic E-state index is 12.9. The molecule has 0 aromatic heterocycles. The summed E-state index contributed by atoms with van der Waals surface area (Å²) in [5.74, 6) is -2.02. The monoisotopic (exact) mass is 1080 g/mol. The van der Waals surface area contributed by atoms with Crippen LogP contribution in [0.15, 0.2) is 97.2 Å². The molecule has 0 radical (unpaired) electrons. The lowest BCUT2D eigenvalue weighted by molar-refractivity contribution is -0.870. The first-order valence-electron chi connectivity index (χ1n) is 31.4. The molecule has 9 heteroatoms. The summed E-state index contributed by atoms with van der Waals surface area (Å²) in [6.45, 7) is 4.64. The van der Waals surface area contributed by atoms with Crippen LogP contribution < -0.4 is 0 Å². The zero-order valence-corrected chi connectivity index (χ0v) is 50.3. The van der Waals surface area contributed by atoms with Crippen molar-refractivity contribution in [2.45, 2.75) is 270 Å². The fourth-order valence-corrected chi connectivity index (χ4v) is 8.59. The van der Waals surface area contributed by atoms with Crippen molar-refractivity contribution >= 4 is 17.9 Å². The van der Waals surface area contributed by atoms with Gasteiger partial charge in [-0.2, -0.15) is 0 Å². The topological polar surface area (TPSA) is 108 Å². The van der Waals surface area contributed by atoms with Gasteiger partial charge in [-0.05, 0) is 89.9 Å². The molecule has 2 unspecified atom stereocenters. The van der Waals surface area contributed by atoms with Gasteiger partial charge in [-0.25, -0.2) is 4.79 Å². The molecule has 0 aliphatic rings. The summed E-state index contributed by atoms with van der Waals surface area (Å²) in [5.41, 5.74) is 0. The van der Waals surface area contributed by atoms with Gasteiger partial charge in [-0.3, -0.25) is 9.59 Å². The summed E-state index contributed by atoms with van der Waals surface area (Å²) in [6.07, 6.45) is 76.6. The lowest BCUT2D eigenvalue weighted by Crippen LogP contribution is -2.40. The standard InChI is InChI=1S/C68H117NO8/c1-6-8-10-12-14-16-18-20-22-23-24-25-26-27-28-29-30-31-32-33-34-35-36-37-38-39-40-41-42-43-45-47-49-51-53-55-57-59-66(71)77-64(63-76-68(67(72)73)74-61-60-69(3,4)5)62-75-65(70)58-56-54-52-50-48-46-44-21-19-17-15-13-11-9-7-2/h8-11,14-17,20-22,24-25,27-28,44,64,68H,6-7,12-13,18-19,23,26,29-43,45-63H2,1-5H3/p+1/b10-8-,11-9-,16-14-,17-15-,22-20-,25-24-,28-27-,44-21-. The van der Waals surface area contributed by atoms with E-state index in [0.717, 1.165) is 109 Å². The van der Waals surface area contributed by atoms with Crippen LogP contribution in [0.25, 0.3) is 0 Å². The second kappa shape index (κ2) is 58.4. The summed E-state index contributed by atoms with van der Waals surface area (Å²) in [6, 6.07) is 0. The van der Waals surface area contributed by atoms with E-state index in [-0.39, 0.29) is 38.6 Å². The summed E-state index contributed by atoms with van der Waals surface area (Å²) in [7, 11) is 5.96. The summed E-state index contributed by atoms with van der Waals surface area (Å²) < 4.78 is 22.9. The Labute approximate surface area is 473 Å². The van der Waals surface area contributed by atoms with Crippen LogP contribution in [0.5, 0.6) is 0 Å². The second-order valence-corrected chi connectivity index (χ2v) is 22.0. The molecule has 0 aliphatic carbocycles. The molecule has 0 heterocycles. The molecule has 0 rings (SSSR count). The van der Waals surface area contributed by atoms with Gasteiger partial charge in [-0.15, -0.1) is 0 Å². The molecule has 0 saturated heterocycles. The van der Waals surface area contributed by atoms with Crippen molar-refractivity contribution in [2.24, 2.45) is 0 Å². The Bertz CT molecular complexity index is 1580. The van der Waals surface area contributed by atoms with Crippen molar-refractivity contribution in [3.05, 3.63) is 97.2 Å². The van der Waals surface area contributed by atoms with Crippen molar-refractivity contribution in [1.82, 2.24) is 0 Å². The number of likely N-dealkylation sites (N-methyl/N-ethyl adjacent to an activating group) is 1. The lowest BCUT2D eigenvalue weighted by Gasteiger charge is -2.25. The number of esters is 2. The number of aliphatic carboxylic acids is 1. The minimum Gasteiger partial charge on any atom is -0.477 e. The number of carboxylic acids is 1. The van der Waals surface area contributed by atoms with Gasteiger partial charge in [0.05, 0.1) is 34.4 Å². The molecule has 0 fully saturated rings. The van der Waals surface area contributed by atoms with E-state index in [1.54, 1.807) is 0 Å². The SMILES string of the molecule is CC/C=C\C/C=C\C/C=C\C/C=C\C/C=C\CCCCCCCCCCCCCCCCCCCCCCCC(=O)OC(COC(=O)CCCCCCC/C=C\C/C=C\C/C=C\CC)COC(OCC[N+](C)(C)C)C(=O)O. The third kappa shape index (κ3) is 59.7. The average Bonchev–Trinajstić information content (AvgIpc) is 3.40. The molecular formula is C68H118NO8+. The van der Waals surface area contributed by atoms with Crippen LogP contribution in [0.3, 0.4) is 0 Å². The van der Waals surface area contributed by atoms with Crippen molar-refractivity contribution in [2.75, 3.05) is 47.5 Å². The van der Waals surface area contributed by atoms with Crippen LogP contribution >= 0.6 is 0 Å². The van der Waals surface area contributed by atoms with E-state index >= 15 is 0 Å². The van der Waals surface area contributed by atoms with E-state index in [1.165, 1.54) is 122 Å². The lowest BCUT2D eigenvalue weighted by atomic mass is 10.0. The summed E-state index contributed by atoms with van der Waals surface area (Å²) in [4.78, 5) is 37.4. The van der Waals surface area contributed by atoms with Gasteiger partial charge in [-0.1, -0.05) is 252 Å². The smallest absolute Gasteiger partial charge is 0.361 e. The van der Waals surface area contributed by atoms with E-state index in [2.05, 4.69) is 111 Å². The number of carbonyl (C=O) groups is 3. The van der Waals surface area contributed by atoms with Crippen LogP contribution in [0.4, 0.5) is 0 Å². The van der Waals surface area contributed by atoms with Gasteiger partial charge in [0.2, 0.25) is 0 Å². The van der Waals surface area contributed by atoms with Crippen LogP contribution in [-0.4, -0.2) is 87.4 Å². The summed E-state index contributed by atoms with van der Waals surface area (Å²) in [5, 5.41) is 9.70. The first kappa shape index (κ1) is 73.2. The maximum Gasteiger partial charge on any atom is 0.361 e. The number of carboxylic acid groups (broad SMARTS) is 1. The van der Waals surface area contributed by atoms with E-state index in [4.69, 9.17) is 18.9 Å². The number of hydrogen-bond donors (Lipinski definition) is 1. The van der Waals surface area contributed by atoms with Gasteiger partial charge >= 0.3 is 17.9 Å².